The van der Waals surface area contributed by atoms with Crippen molar-refractivity contribution in [1.29, 1.82) is 0 Å². The van der Waals surface area contributed by atoms with Crippen LogP contribution in [0.5, 0.6) is 0 Å². The minimum absolute atomic E-state index is 0.865. The zero-order valence-corrected chi connectivity index (χ0v) is 32.2. The first kappa shape index (κ1) is 32.8. The van der Waals surface area contributed by atoms with E-state index in [9.17, 15) is 0 Å². The summed E-state index contributed by atoms with van der Waals surface area (Å²) in [5.74, 6) is 0. The molecule has 0 bridgehead atoms. The van der Waals surface area contributed by atoms with Crippen LogP contribution in [0.3, 0.4) is 0 Å². The van der Waals surface area contributed by atoms with E-state index in [1.807, 2.05) is 17.4 Å². The quantitative estimate of drug-likeness (QED) is 0.157. The smallest absolute Gasteiger partial charge is 0.137 e. The van der Waals surface area contributed by atoms with Gasteiger partial charge in [0.05, 0.1) is 16.8 Å². The molecule has 0 spiro atoms. The number of benzene rings is 10. The summed E-state index contributed by atoms with van der Waals surface area (Å²) in [5, 5.41) is 12.1. The van der Waals surface area contributed by atoms with Crippen molar-refractivity contribution in [2.75, 3.05) is 9.80 Å². The predicted octanol–water partition coefficient (Wildman–Crippen LogP) is 16.4. The normalized spacial score (nSPS) is 11.8. The lowest BCUT2D eigenvalue weighted by Gasteiger charge is -2.30. The number of rotatable bonds is 6. The van der Waals surface area contributed by atoms with E-state index < -0.39 is 0 Å². The Kier molecular flexibility index (Phi) is 7.40. The van der Waals surface area contributed by atoms with Crippen molar-refractivity contribution < 1.29 is 4.42 Å². The summed E-state index contributed by atoms with van der Waals surface area (Å²) in [5.41, 5.74) is 8.25. The highest BCUT2D eigenvalue weighted by Gasteiger charge is 2.25. The Morgan fingerprint density at radius 2 is 0.914 bits per heavy atom. The third-order valence-corrected chi connectivity index (χ3v) is 12.7. The standard InChI is InChI=1S/C54H34N2OS/c1-3-16-38(17-4-1)55(40-29-31-43-37(32-40)27-26-35-14-7-9-20-42(35)43)48-33-41(34-51-53(48)46-30-28-36-15-8-10-21-44(36)54(46)58-51)56(39-18-5-2-6-19-39)47-23-13-25-50-52(47)45-22-11-12-24-49(45)57-50/h1-34H. The number of anilines is 6. The highest BCUT2D eigenvalue weighted by Crippen LogP contribution is 2.51. The van der Waals surface area contributed by atoms with Gasteiger partial charge in [0.15, 0.2) is 0 Å². The van der Waals surface area contributed by atoms with Crippen molar-refractivity contribution in [2.45, 2.75) is 0 Å². The second-order valence-electron chi connectivity index (χ2n) is 14.9. The van der Waals surface area contributed by atoms with E-state index in [2.05, 4.69) is 210 Å². The molecular formula is C54H34N2OS. The van der Waals surface area contributed by atoms with Gasteiger partial charge in [-0.3, -0.25) is 0 Å². The summed E-state index contributed by atoms with van der Waals surface area (Å²) in [6.07, 6.45) is 0. The van der Waals surface area contributed by atoms with Crippen LogP contribution < -0.4 is 9.80 Å². The van der Waals surface area contributed by atoms with Crippen LogP contribution in [0.25, 0.3) is 74.4 Å². The van der Waals surface area contributed by atoms with Gasteiger partial charge in [-0.25, -0.2) is 0 Å². The summed E-state index contributed by atoms with van der Waals surface area (Å²) in [6, 6.07) is 74.5. The van der Waals surface area contributed by atoms with Gasteiger partial charge < -0.3 is 14.2 Å². The molecule has 0 N–H and O–H groups in total. The maximum absolute atomic E-state index is 6.47. The third kappa shape index (κ3) is 5.12. The molecule has 272 valence electrons. The van der Waals surface area contributed by atoms with Crippen LogP contribution in [-0.4, -0.2) is 0 Å². The highest BCUT2D eigenvalue weighted by molar-refractivity contribution is 7.26. The predicted molar refractivity (Wildman–Crippen MR) is 248 cm³/mol. The molecule has 58 heavy (non-hydrogen) atoms. The molecule has 12 aromatic rings. The molecule has 4 heteroatoms. The van der Waals surface area contributed by atoms with Gasteiger partial charge in [0.25, 0.3) is 0 Å². The number of nitrogens with zero attached hydrogens (tertiary/aromatic N) is 2. The summed E-state index contributed by atoms with van der Waals surface area (Å²) in [6.45, 7) is 0. The molecule has 12 rings (SSSR count). The number of fused-ring (bicyclic) bond motifs is 11. The molecule has 0 fully saturated rings. The molecule has 0 saturated carbocycles. The van der Waals surface area contributed by atoms with Gasteiger partial charge in [-0.15, -0.1) is 11.3 Å². The lowest BCUT2D eigenvalue weighted by molar-refractivity contribution is 0.669. The lowest BCUT2D eigenvalue weighted by Crippen LogP contribution is -2.13. The zero-order valence-electron chi connectivity index (χ0n) is 31.3. The number of hydrogen-bond donors (Lipinski definition) is 0. The van der Waals surface area contributed by atoms with E-state index in [0.29, 0.717) is 0 Å². The van der Waals surface area contributed by atoms with E-state index in [1.165, 1.54) is 52.5 Å². The fraction of sp³-hybridized carbons (Fsp3) is 0. The zero-order chi connectivity index (χ0) is 38.2. The molecule has 0 amide bonds. The van der Waals surface area contributed by atoms with Gasteiger partial charge in [0, 0.05) is 48.3 Å². The molecule has 0 atom stereocenters. The molecule has 0 saturated heterocycles. The maximum atomic E-state index is 6.47. The van der Waals surface area contributed by atoms with Crippen LogP contribution in [0.2, 0.25) is 0 Å². The first-order valence-corrected chi connectivity index (χ1v) is 20.5. The molecule has 10 aromatic carbocycles. The van der Waals surface area contributed by atoms with Crippen molar-refractivity contribution in [3.63, 3.8) is 0 Å². The van der Waals surface area contributed by atoms with Crippen molar-refractivity contribution in [3.8, 4) is 0 Å². The summed E-state index contributed by atoms with van der Waals surface area (Å²) in [4.78, 5) is 4.87. The summed E-state index contributed by atoms with van der Waals surface area (Å²) >= 11 is 1.88. The molecule has 0 radical (unpaired) electrons. The molecule has 2 aromatic heterocycles. The van der Waals surface area contributed by atoms with E-state index in [1.54, 1.807) is 0 Å². The maximum Gasteiger partial charge on any atom is 0.137 e. The fourth-order valence-electron chi connectivity index (χ4n) is 8.99. The first-order valence-electron chi connectivity index (χ1n) is 19.7. The number of para-hydroxylation sites is 3. The minimum atomic E-state index is 0.865. The van der Waals surface area contributed by atoms with Crippen LogP contribution in [-0.2, 0) is 0 Å². The van der Waals surface area contributed by atoms with Gasteiger partial charge in [-0.2, -0.15) is 0 Å². The largest absolute Gasteiger partial charge is 0.456 e. The summed E-state index contributed by atoms with van der Waals surface area (Å²) in [7, 11) is 0. The van der Waals surface area contributed by atoms with E-state index in [-0.39, 0.29) is 0 Å². The van der Waals surface area contributed by atoms with Crippen LogP contribution >= 0.6 is 11.3 Å². The Labute approximate surface area is 338 Å². The van der Waals surface area contributed by atoms with Gasteiger partial charge in [-0.05, 0) is 99.0 Å². The Hall–Kier alpha value is -7.40. The van der Waals surface area contributed by atoms with Gasteiger partial charge in [0.2, 0.25) is 0 Å². The van der Waals surface area contributed by atoms with Crippen LogP contribution in [0.1, 0.15) is 0 Å². The van der Waals surface area contributed by atoms with E-state index in [4.69, 9.17) is 4.42 Å². The fourth-order valence-corrected chi connectivity index (χ4v) is 10.3. The van der Waals surface area contributed by atoms with Gasteiger partial charge in [0.1, 0.15) is 11.2 Å². The van der Waals surface area contributed by atoms with Crippen molar-refractivity contribution in [2.24, 2.45) is 0 Å². The average molecular weight is 759 g/mol. The van der Waals surface area contributed by atoms with Crippen LogP contribution in [0.4, 0.5) is 34.1 Å². The lowest BCUT2D eigenvalue weighted by atomic mass is 10.00. The van der Waals surface area contributed by atoms with Crippen LogP contribution in [0.15, 0.2) is 211 Å². The van der Waals surface area contributed by atoms with Crippen molar-refractivity contribution >= 4 is 120 Å². The molecule has 3 nitrogen and oxygen atoms in total. The molecule has 0 aliphatic rings. The van der Waals surface area contributed by atoms with E-state index in [0.717, 1.165) is 56.1 Å². The number of furan rings is 1. The topological polar surface area (TPSA) is 19.6 Å². The average Bonchev–Trinajstić information content (AvgIpc) is 3.87. The Morgan fingerprint density at radius 1 is 0.328 bits per heavy atom. The second-order valence-corrected chi connectivity index (χ2v) is 15.9. The minimum Gasteiger partial charge on any atom is -0.456 e. The van der Waals surface area contributed by atoms with Gasteiger partial charge in [-0.1, -0.05) is 140 Å². The molecule has 0 unspecified atom stereocenters. The molecule has 0 aliphatic carbocycles. The number of thiophene rings is 1. The summed E-state index contributed by atoms with van der Waals surface area (Å²) < 4.78 is 8.98. The SMILES string of the molecule is c1ccc(N(c2cc(N(c3ccccc3)c3ccc4c(ccc5ccccc54)c3)c3c(c2)sc2c4ccccc4ccc23)c2cccc3oc4ccccc4c23)cc1. The third-order valence-electron chi connectivity index (χ3n) is 11.6. The monoisotopic (exact) mass is 758 g/mol. The number of hydrogen-bond acceptors (Lipinski definition) is 4. The Bertz CT molecular complexity index is 3530. The second kappa shape index (κ2) is 13.1. The van der Waals surface area contributed by atoms with Crippen molar-refractivity contribution in [1.82, 2.24) is 0 Å². The van der Waals surface area contributed by atoms with E-state index >= 15 is 0 Å². The highest BCUT2D eigenvalue weighted by atomic mass is 32.1. The Morgan fingerprint density at radius 3 is 1.71 bits per heavy atom. The Balaban J connectivity index is 1.20. The van der Waals surface area contributed by atoms with Gasteiger partial charge >= 0.3 is 0 Å². The molecular weight excluding hydrogens is 725 g/mol. The molecule has 0 aliphatic heterocycles. The first-order chi connectivity index (χ1) is 28.8. The molecule has 2 heterocycles. The van der Waals surface area contributed by atoms with Crippen LogP contribution in [0, 0.1) is 0 Å². The van der Waals surface area contributed by atoms with Crippen molar-refractivity contribution in [3.05, 3.63) is 206 Å².